The summed E-state index contributed by atoms with van der Waals surface area (Å²) in [5, 5.41) is 0. The molecule has 2 heteroatoms. The zero-order valence-corrected chi connectivity index (χ0v) is 13.1. The Kier molecular flexibility index (Phi) is 4.05. The van der Waals surface area contributed by atoms with Gasteiger partial charge in [-0.25, -0.2) is 0 Å². The Bertz CT molecular complexity index is 313. The third-order valence-corrected chi connectivity index (χ3v) is 6.83. The molecule has 4 aliphatic rings. The number of piperidine rings is 1. The van der Waals surface area contributed by atoms with Crippen molar-refractivity contribution < 1.29 is 0 Å². The van der Waals surface area contributed by atoms with Gasteiger partial charge in [0.15, 0.2) is 0 Å². The summed E-state index contributed by atoms with van der Waals surface area (Å²) in [6, 6.07) is 1.90. The quantitative estimate of drug-likeness (QED) is 0.761. The highest BCUT2D eigenvalue weighted by Crippen LogP contribution is 2.47. The number of likely N-dealkylation sites (tertiary alicyclic amines) is 2. The van der Waals surface area contributed by atoms with Crippen LogP contribution in [0.4, 0.5) is 0 Å². The van der Waals surface area contributed by atoms with Gasteiger partial charge in [-0.05, 0) is 83.0 Å². The van der Waals surface area contributed by atoms with Crippen molar-refractivity contribution in [2.75, 3.05) is 26.2 Å². The van der Waals surface area contributed by atoms with Crippen molar-refractivity contribution >= 4 is 0 Å². The van der Waals surface area contributed by atoms with E-state index in [-0.39, 0.29) is 0 Å². The molecule has 0 aromatic rings. The van der Waals surface area contributed by atoms with E-state index in [4.69, 9.17) is 0 Å². The minimum absolute atomic E-state index is 0.919. The number of nitrogens with zero attached hydrogens (tertiary/aromatic N) is 2. The summed E-state index contributed by atoms with van der Waals surface area (Å²) in [4.78, 5) is 5.73. The van der Waals surface area contributed by atoms with Crippen LogP contribution in [0, 0.1) is 11.8 Å². The average Bonchev–Trinajstić information content (AvgIpc) is 3.02. The molecule has 2 aliphatic carbocycles. The van der Waals surface area contributed by atoms with Gasteiger partial charge in [-0.3, -0.25) is 4.90 Å². The monoisotopic (exact) mass is 276 g/mol. The standard InChI is InChI=1S/C18H32N2/c1-2-4-10-19(9-3-1)17-7-11-20(12-8-17)18-14-15-5-6-16(18)13-15/h15-18H,1-14H2. The maximum absolute atomic E-state index is 2.89. The second-order valence-electron chi connectivity index (χ2n) is 7.96. The number of fused-ring (bicyclic) bond motifs is 2. The van der Waals surface area contributed by atoms with E-state index in [1.807, 2.05) is 0 Å². The van der Waals surface area contributed by atoms with E-state index in [0.29, 0.717) is 0 Å². The van der Waals surface area contributed by atoms with Crippen LogP contribution in [-0.4, -0.2) is 48.1 Å². The largest absolute Gasteiger partial charge is 0.300 e. The molecule has 2 nitrogen and oxygen atoms in total. The molecule has 2 saturated heterocycles. The van der Waals surface area contributed by atoms with Crippen LogP contribution in [0.3, 0.4) is 0 Å². The molecule has 2 bridgehead atoms. The van der Waals surface area contributed by atoms with Crippen molar-refractivity contribution in [3.05, 3.63) is 0 Å². The number of hydrogen-bond acceptors (Lipinski definition) is 2. The molecule has 2 aliphatic heterocycles. The Morgan fingerprint density at radius 2 is 1.35 bits per heavy atom. The molecule has 0 amide bonds. The van der Waals surface area contributed by atoms with Crippen LogP contribution in [0.2, 0.25) is 0 Å². The smallest absolute Gasteiger partial charge is 0.0126 e. The van der Waals surface area contributed by atoms with Crippen LogP contribution >= 0.6 is 0 Å². The molecule has 114 valence electrons. The Hall–Kier alpha value is -0.0800. The highest BCUT2D eigenvalue weighted by Gasteiger charge is 2.43. The predicted octanol–water partition coefficient (Wildman–Crippen LogP) is 3.52. The molecule has 0 spiro atoms. The van der Waals surface area contributed by atoms with Crippen molar-refractivity contribution in [1.82, 2.24) is 9.80 Å². The van der Waals surface area contributed by atoms with Gasteiger partial charge in [-0.15, -0.1) is 0 Å². The van der Waals surface area contributed by atoms with Gasteiger partial charge in [0.05, 0.1) is 0 Å². The molecule has 3 unspecified atom stereocenters. The lowest BCUT2D eigenvalue weighted by Crippen LogP contribution is -2.49. The van der Waals surface area contributed by atoms with Crippen LogP contribution in [0.25, 0.3) is 0 Å². The van der Waals surface area contributed by atoms with Crippen molar-refractivity contribution in [2.45, 2.75) is 76.3 Å². The summed E-state index contributed by atoms with van der Waals surface area (Å²) in [5.74, 6) is 2.18. The molecule has 0 N–H and O–H groups in total. The van der Waals surface area contributed by atoms with Gasteiger partial charge in [-0.2, -0.15) is 0 Å². The van der Waals surface area contributed by atoms with Gasteiger partial charge in [0.1, 0.15) is 0 Å². The first kappa shape index (κ1) is 13.6. The fourth-order valence-corrected chi connectivity index (χ4v) is 5.70. The molecule has 4 rings (SSSR count). The second kappa shape index (κ2) is 5.96. The van der Waals surface area contributed by atoms with Gasteiger partial charge >= 0.3 is 0 Å². The summed E-state index contributed by atoms with van der Waals surface area (Å²) in [7, 11) is 0. The van der Waals surface area contributed by atoms with E-state index in [9.17, 15) is 0 Å². The van der Waals surface area contributed by atoms with E-state index in [1.54, 1.807) is 25.7 Å². The van der Waals surface area contributed by atoms with Crippen LogP contribution < -0.4 is 0 Å². The van der Waals surface area contributed by atoms with Crippen LogP contribution in [-0.2, 0) is 0 Å². The van der Waals surface area contributed by atoms with Crippen LogP contribution in [0.15, 0.2) is 0 Å². The lowest BCUT2D eigenvalue weighted by atomic mass is 9.91. The van der Waals surface area contributed by atoms with Crippen LogP contribution in [0.5, 0.6) is 0 Å². The molecule has 0 aromatic carbocycles. The van der Waals surface area contributed by atoms with Gasteiger partial charge in [0.2, 0.25) is 0 Å². The van der Waals surface area contributed by atoms with Gasteiger partial charge in [-0.1, -0.05) is 19.3 Å². The first-order valence-corrected chi connectivity index (χ1v) is 9.38. The fraction of sp³-hybridized carbons (Fsp3) is 1.00. The first-order chi connectivity index (χ1) is 9.90. The maximum atomic E-state index is 2.89. The molecule has 2 saturated carbocycles. The van der Waals surface area contributed by atoms with E-state index in [1.165, 1.54) is 64.7 Å². The molecule has 20 heavy (non-hydrogen) atoms. The van der Waals surface area contributed by atoms with Crippen molar-refractivity contribution in [3.8, 4) is 0 Å². The minimum atomic E-state index is 0.919. The number of rotatable bonds is 2. The summed E-state index contributed by atoms with van der Waals surface area (Å²) < 4.78 is 0. The molecule has 3 atom stereocenters. The van der Waals surface area contributed by atoms with Gasteiger partial charge < -0.3 is 4.90 Å². The van der Waals surface area contributed by atoms with E-state index in [2.05, 4.69) is 9.80 Å². The minimum Gasteiger partial charge on any atom is -0.300 e. The molecular formula is C18H32N2. The Morgan fingerprint density at radius 1 is 0.600 bits per heavy atom. The third-order valence-electron chi connectivity index (χ3n) is 6.83. The molecule has 4 fully saturated rings. The highest BCUT2D eigenvalue weighted by molar-refractivity contribution is 4.97. The molecule has 2 heterocycles. The van der Waals surface area contributed by atoms with E-state index >= 15 is 0 Å². The van der Waals surface area contributed by atoms with Gasteiger partial charge in [0.25, 0.3) is 0 Å². The topological polar surface area (TPSA) is 6.48 Å². The van der Waals surface area contributed by atoms with Crippen molar-refractivity contribution in [2.24, 2.45) is 11.8 Å². The fourth-order valence-electron chi connectivity index (χ4n) is 5.70. The Morgan fingerprint density at radius 3 is 1.95 bits per heavy atom. The Labute approximate surface area is 124 Å². The second-order valence-corrected chi connectivity index (χ2v) is 7.96. The van der Waals surface area contributed by atoms with Crippen LogP contribution in [0.1, 0.15) is 64.2 Å². The van der Waals surface area contributed by atoms with E-state index in [0.717, 1.165) is 23.9 Å². The molecule has 0 aromatic heterocycles. The van der Waals surface area contributed by atoms with E-state index < -0.39 is 0 Å². The normalized spacial score (nSPS) is 41.1. The van der Waals surface area contributed by atoms with Crippen molar-refractivity contribution in [3.63, 3.8) is 0 Å². The SMILES string of the molecule is C1CCCN(C2CCN(C3CC4CCC3C4)CC2)CC1. The summed E-state index contributed by atoms with van der Waals surface area (Å²) >= 11 is 0. The summed E-state index contributed by atoms with van der Waals surface area (Å²) in [6.45, 7) is 5.57. The zero-order chi connectivity index (χ0) is 13.4. The zero-order valence-electron chi connectivity index (χ0n) is 13.1. The molecule has 0 radical (unpaired) electrons. The maximum Gasteiger partial charge on any atom is 0.0126 e. The molecular weight excluding hydrogens is 244 g/mol. The predicted molar refractivity (Wildman–Crippen MR) is 83.9 cm³/mol. The average molecular weight is 276 g/mol. The third kappa shape index (κ3) is 2.66. The Balaban J connectivity index is 1.29. The lowest BCUT2D eigenvalue weighted by molar-refractivity contribution is 0.0654. The summed E-state index contributed by atoms with van der Waals surface area (Å²) in [5.41, 5.74) is 0. The summed E-state index contributed by atoms with van der Waals surface area (Å²) in [6.07, 6.45) is 14.9. The first-order valence-electron chi connectivity index (χ1n) is 9.38. The van der Waals surface area contributed by atoms with Gasteiger partial charge in [0, 0.05) is 12.1 Å². The van der Waals surface area contributed by atoms with Crippen molar-refractivity contribution in [1.29, 1.82) is 0 Å². The number of hydrogen-bond donors (Lipinski definition) is 0. The highest BCUT2D eigenvalue weighted by atomic mass is 15.2. The lowest BCUT2D eigenvalue weighted by Gasteiger charge is -2.42.